The molecule has 0 unspecified atom stereocenters. The molecule has 0 radical (unpaired) electrons. The number of sulfonamides is 1. The summed E-state index contributed by atoms with van der Waals surface area (Å²) in [6.45, 7) is 3.26. The third kappa shape index (κ3) is 4.28. The quantitative estimate of drug-likeness (QED) is 0.784. The summed E-state index contributed by atoms with van der Waals surface area (Å²) in [4.78, 5) is 14.2. The molecular weight excluding hydrogens is 371 g/mol. The van der Waals surface area contributed by atoms with Crippen LogP contribution in [-0.4, -0.2) is 56.3 Å². The first-order chi connectivity index (χ1) is 12.9. The minimum Gasteiger partial charge on any atom is -0.494 e. The molecule has 27 heavy (non-hydrogen) atoms. The molecule has 3 rings (SSSR count). The zero-order chi connectivity index (χ0) is 19.4. The standard InChI is InChI=1S/C19H21FN2O4S/c1-2-26-17-6-8-18(9-7-17)27(24,25)22-12-10-21(11-13-22)19(23)15-4-3-5-16(20)14-15/h3-9,14H,2,10-13H2,1H3. The molecule has 0 aliphatic carbocycles. The Labute approximate surface area is 158 Å². The fourth-order valence-corrected chi connectivity index (χ4v) is 4.38. The number of amides is 1. The Morgan fingerprint density at radius 2 is 1.74 bits per heavy atom. The van der Waals surface area contributed by atoms with E-state index in [4.69, 9.17) is 4.74 Å². The van der Waals surface area contributed by atoms with Crippen LogP contribution in [0, 0.1) is 5.82 Å². The van der Waals surface area contributed by atoms with Gasteiger partial charge in [0.1, 0.15) is 11.6 Å². The van der Waals surface area contributed by atoms with Gasteiger partial charge in [-0.2, -0.15) is 4.31 Å². The van der Waals surface area contributed by atoms with Crippen LogP contribution in [0.15, 0.2) is 53.4 Å². The number of carbonyl (C=O) groups is 1. The SMILES string of the molecule is CCOc1ccc(S(=O)(=O)N2CCN(C(=O)c3cccc(F)c3)CC2)cc1. The van der Waals surface area contributed by atoms with E-state index in [1.807, 2.05) is 6.92 Å². The Kier molecular flexibility index (Phi) is 5.76. The van der Waals surface area contributed by atoms with Gasteiger partial charge in [-0.3, -0.25) is 4.79 Å². The molecule has 2 aromatic carbocycles. The summed E-state index contributed by atoms with van der Waals surface area (Å²) < 4.78 is 45.6. The average Bonchev–Trinajstić information content (AvgIpc) is 2.68. The van der Waals surface area contributed by atoms with Gasteiger partial charge in [0, 0.05) is 31.7 Å². The van der Waals surface area contributed by atoms with Crippen molar-refractivity contribution < 1.29 is 22.3 Å². The van der Waals surface area contributed by atoms with E-state index in [0.717, 1.165) is 0 Å². The number of hydrogen-bond acceptors (Lipinski definition) is 4. The molecule has 8 heteroatoms. The van der Waals surface area contributed by atoms with E-state index >= 15 is 0 Å². The molecule has 0 bridgehead atoms. The first-order valence-electron chi connectivity index (χ1n) is 8.69. The van der Waals surface area contributed by atoms with Crippen molar-refractivity contribution in [2.24, 2.45) is 0 Å². The fourth-order valence-electron chi connectivity index (χ4n) is 2.96. The van der Waals surface area contributed by atoms with Gasteiger partial charge in [-0.05, 0) is 49.4 Å². The van der Waals surface area contributed by atoms with Crippen LogP contribution in [-0.2, 0) is 10.0 Å². The van der Waals surface area contributed by atoms with Crippen LogP contribution >= 0.6 is 0 Å². The van der Waals surface area contributed by atoms with Gasteiger partial charge < -0.3 is 9.64 Å². The van der Waals surface area contributed by atoms with E-state index in [-0.39, 0.29) is 42.5 Å². The van der Waals surface area contributed by atoms with Crippen LogP contribution < -0.4 is 4.74 Å². The smallest absolute Gasteiger partial charge is 0.254 e. The molecule has 1 aliphatic heterocycles. The summed E-state index contributed by atoms with van der Waals surface area (Å²) >= 11 is 0. The molecule has 1 saturated heterocycles. The lowest BCUT2D eigenvalue weighted by Gasteiger charge is -2.34. The first-order valence-corrected chi connectivity index (χ1v) is 10.1. The van der Waals surface area contributed by atoms with Crippen LogP contribution in [0.3, 0.4) is 0 Å². The zero-order valence-corrected chi connectivity index (χ0v) is 15.8. The van der Waals surface area contributed by atoms with E-state index in [2.05, 4.69) is 0 Å². The van der Waals surface area contributed by atoms with Gasteiger partial charge in [-0.1, -0.05) is 6.07 Å². The maximum absolute atomic E-state index is 13.3. The second-order valence-electron chi connectivity index (χ2n) is 6.11. The number of rotatable bonds is 5. The van der Waals surface area contributed by atoms with Crippen LogP contribution in [0.5, 0.6) is 5.75 Å². The predicted octanol–water partition coefficient (Wildman–Crippen LogP) is 2.37. The van der Waals surface area contributed by atoms with Gasteiger partial charge in [0.25, 0.3) is 5.91 Å². The molecule has 0 aromatic heterocycles. The summed E-state index contributed by atoms with van der Waals surface area (Å²) in [5.41, 5.74) is 0.262. The van der Waals surface area contributed by atoms with Gasteiger partial charge in [0.2, 0.25) is 10.0 Å². The molecule has 2 aromatic rings. The molecule has 1 amide bonds. The third-order valence-corrected chi connectivity index (χ3v) is 6.28. The number of benzene rings is 2. The predicted molar refractivity (Wildman–Crippen MR) is 98.7 cm³/mol. The molecule has 1 aliphatic rings. The molecule has 0 atom stereocenters. The van der Waals surface area contributed by atoms with Crippen molar-refractivity contribution >= 4 is 15.9 Å². The highest BCUT2D eigenvalue weighted by atomic mass is 32.2. The maximum Gasteiger partial charge on any atom is 0.254 e. The lowest BCUT2D eigenvalue weighted by atomic mass is 10.2. The maximum atomic E-state index is 13.3. The minimum atomic E-state index is -3.63. The normalized spacial score (nSPS) is 15.6. The van der Waals surface area contributed by atoms with E-state index in [0.29, 0.717) is 12.4 Å². The van der Waals surface area contributed by atoms with E-state index in [1.165, 1.54) is 34.6 Å². The Bertz CT molecular complexity index is 908. The zero-order valence-electron chi connectivity index (χ0n) is 15.0. The Hall–Kier alpha value is -2.45. The van der Waals surface area contributed by atoms with Crippen molar-refractivity contribution in [2.75, 3.05) is 32.8 Å². The molecule has 0 N–H and O–H groups in total. The van der Waals surface area contributed by atoms with E-state index in [1.54, 1.807) is 23.1 Å². The number of hydrogen-bond donors (Lipinski definition) is 0. The molecule has 1 fully saturated rings. The number of halogens is 1. The Morgan fingerprint density at radius 1 is 1.07 bits per heavy atom. The Morgan fingerprint density at radius 3 is 2.33 bits per heavy atom. The average molecular weight is 392 g/mol. The van der Waals surface area contributed by atoms with Gasteiger partial charge >= 0.3 is 0 Å². The second-order valence-corrected chi connectivity index (χ2v) is 8.05. The van der Waals surface area contributed by atoms with Gasteiger partial charge in [0.15, 0.2) is 0 Å². The minimum absolute atomic E-state index is 0.191. The third-order valence-electron chi connectivity index (χ3n) is 4.37. The molecule has 6 nitrogen and oxygen atoms in total. The lowest BCUT2D eigenvalue weighted by Crippen LogP contribution is -2.50. The van der Waals surface area contributed by atoms with Crippen molar-refractivity contribution in [3.8, 4) is 5.75 Å². The summed E-state index contributed by atoms with van der Waals surface area (Å²) in [5, 5.41) is 0. The lowest BCUT2D eigenvalue weighted by molar-refractivity contribution is 0.0697. The van der Waals surface area contributed by atoms with Gasteiger partial charge in [0.05, 0.1) is 11.5 Å². The number of ether oxygens (including phenoxy) is 1. The number of nitrogens with zero attached hydrogens (tertiary/aromatic N) is 2. The van der Waals surface area contributed by atoms with Crippen LogP contribution in [0.1, 0.15) is 17.3 Å². The second kappa shape index (κ2) is 8.06. The van der Waals surface area contributed by atoms with Crippen molar-refractivity contribution in [1.29, 1.82) is 0 Å². The van der Waals surface area contributed by atoms with Crippen LogP contribution in [0.4, 0.5) is 4.39 Å². The Balaban J connectivity index is 1.66. The highest BCUT2D eigenvalue weighted by Crippen LogP contribution is 2.21. The molecular formula is C19H21FN2O4S. The highest BCUT2D eigenvalue weighted by Gasteiger charge is 2.30. The summed E-state index contributed by atoms with van der Waals surface area (Å²) in [7, 11) is -3.63. The van der Waals surface area contributed by atoms with E-state index in [9.17, 15) is 17.6 Å². The molecule has 144 valence electrons. The summed E-state index contributed by atoms with van der Waals surface area (Å²) in [6, 6.07) is 11.8. The van der Waals surface area contributed by atoms with Crippen molar-refractivity contribution in [1.82, 2.24) is 9.21 Å². The van der Waals surface area contributed by atoms with Crippen LogP contribution in [0.25, 0.3) is 0 Å². The van der Waals surface area contributed by atoms with Crippen molar-refractivity contribution in [2.45, 2.75) is 11.8 Å². The molecule has 0 saturated carbocycles. The van der Waals surface area contributed by atoms with Crippen LogP contribution in [0.2, 0.25) is 0 Å². The van der Waals surface area contributed by atoms with Crippen molar-refractivity contribution in [3.05, 3.63) is 59.9 Å². The van der Waals surface area contributed by atoms with Crippen molar-refractivity contribution in [3.63, 3.8) is 0 Å². The number of piperazine rings is 1. The van der Waals surface area contributed by atoms with Gasteiger partial charge in [-0.15, -0.1) is 0 Å². The fraction of sp³-hybridized carbons (Fsp3) is 0.316. The summed E-state index contributed by atoms with van der Waals surface area (Å²) in [5.74, 6) is -0.160. The van der Waals surface area contributed by atoms with Gasteiger partial charge in [-0.25, -0.2) is 12.8 Å². The molecule has 1 heterocycles. The largest absolute Gasteiger partial charge is 0.494 e. The van der Waals surface area contributed by atoms with E-state index < -0.39 is 15.8 Å². The first kappa shape index (κ1) is 19.3. The molecule has 0 spiro atoms. The summed E-state index contributed by atoms with van der Waals surface area (Å²) in [6.07, 6.45) is 0. The highest BCUT2D eigenvalue weighted by molar-refractivity contribution is 7.89. The topological polar surface area (TPSA) is 66.9 Å². The number of carbonyl (C=O) groups excluding carboxylic acids is 1. The monoisotopic (exact) mass is 392 g/mol.